The van der Waals surface area contributed by atoms with Gasteiger partial charge >= 0.3 is 0 Å². The maximum absolute atomic E-state index is 9.47. The van der Waals surface area contributed by atoms with Gasteiger partial charge in [0.1, 0.15) is 18.3 Å². The van der Waals surface area contributed by atoms with E-state index in [1.54, 1.807) is 6.92 Å². The first-order valence-electron chi connectivity index (χ1n) is 4.50. The molecule has 0 saturated carbocycles. The van der Waals surface area contributed by atoms with Crippen LogP contribution in [0.2, 0.25) is 0 Å². The number of aliphatic hydroxyl groups excluding tert-OH is 3. The highest BCUT2D eigenvalue weighted by atomic mass is 16.7. The highest BCUT2D eigenvalue weighted by Gasteiger charge is 2.52. The standard InChI is InChI=1S/C8H16O6/c1-2-13-3-5-6(10)7(11)8(12,4-9)14-5/h5-7,9-12H,2-4H2,1H3/t5-,6-,7+,8-/m1/s1. The molecule has 4 atom stereocenters. The molecule has 84 valence electrons. The van der Waals surface area contributed by atoms with Crippen molar-refractivity contribution in [3.63, 3.8) is 0 Å². The van der Waals surface area contributed by atoms with E-state index >= 15 is 0 Å². The second-order valence-corrected chi connectivity index (χ2v) is 3.25. The molecular weight excluding hydrogens is 192 g/mol. The van der Waals surface area contributed by atoms with Crippen LogP contribution in [-0.2, 0) is 9.47 Å². The second-order valence-electron chi connectivity index (χ2n) is 3.25. The van der Waals surface area contributed by atoms with Crippen LogP contribution in [0, 0.1) is 0 Å². The van der Waals surface area contributed by atoms with Gasteiger partial charge in [0.05, 0.1) is 13.2 Å². The molecule has 0 aromatic carbocycles. The summed E-state index contributed by atoms with van der Waals surface area (Å²) in [7, 11) is 0. The van der Waals surface area contributed by atoms with E-state index in [0.29, 0.717) is 6.61 Å². The molecule has 1 aliphatic heterocycles. The lowest BCUT2D eigenvalue weighted by molar-refractivity contribution is -0.249. The third-order valence-electron chi connectivity index (χ3n) is 2.23. The van der Waals surface area contributed by atoms with Crippen LogP contribution in [0.15, 0.2) is 0 Å². The lowest BCUT2D eigenvalue weighted by atomic mass is 10.1. The quantitative estimate of drug-likeness (QED) is 0.419. The summed E-state index contributed by atoms with van der Waals surface area (Å²) in [5, 5.41) is 37.0. The zero-order valence-electron chi connectivity index (χ0n) is 7.96. The van der Waals surface area contributed by atoms with E-state index in [-0.39, 0.29) is 6.61 Å². The predicted molar refractivity (Wildman–Crippen MR) is 45.4 cm³/mol. The van der Waals surface area contributed by atoms with Crippen molar-refractivity contribution in [2.75, 3.05) is 19.8 Å². The zero-order chi connectivity index (χ0) is 10.8. The lowest BCUT2D eigenvalue weighted by Crippen LogP contribution is -2.46. The molecule has 0 spiro atoms. The minimum Gasteiger partial charge on any atom is -0.391 e. The van der Waals surface area contributed by atoms with Crippen molar-refractivity contribution < 1.29 is 29.9 Å². The van der Waals surface area contributed by atoms with Crippen molar-refractivity contribution in [1.82, 2.24) is 0 Å². The van der Waals surface area contributed by atoms with E-state index in [0.717, 1.165) is 0 Å². The van der Waals surface area contributed by atoms with Gasteiger partial charge in [-0.1, -0.05) is 0 Å². The molecule has 14 heavy (non-hydrogen) atoms. The topological polar surface area (TPSA) is 99.4 Å². The molecule has 1 aliphatic rings. The first-order chi connectivity index (χ1) is 6.55. The van der Waals surface area contributed by atoms with E-state index in [4.69, 9.17) is 14.6 Å². The zero-order valence-corrected chi connectivity index (χ0v) is 7.96. The predicted octanol–water partition coefficient (Wildman–Crippen LogP) is -2.18. The molecule has 0 bridgehead atoms. The van der Waals surface area contributed by atoms with E-state index in [2.05, 4.69) is 0 Å². The summed E-state index contributed by atoms with van der Waals surface area (Å²) < 4.78 is 9.89. The van der Waals surface area contributed by atoms with Crippen LogP contribution in [0.3, 0.4) is 0 Å². The Kier molecular flexibility index (Phi) is 3.82. The van der Waals surface area contributed by atoms with Crippen LogP contribution in [-0.4, -0.2) is 64.3 Å². The summed E-state index contributed by atoms with van der Waals surface area (Å²) >= 11 is 0. The van der Waals surface area contributed by atoms with Crippen LogP contribution in [0.1, 0.15) is 6.92 Å². The van der Waals surface area contributed by atoms with Gasteiger partial charge in [-0.3, -0.25) is 0 Å². The second kappa shape index (κ2) is 4.52. The fraction of sp³-hybridized carbons (Fsp3) is 1.00. The Morgan fingerprint density at radius 2 is 2.07 bits per heavy atom. The SMILES string of the molecule is CCOC[C@H]1O[C@](O)(CO)[C@@H](O)[C@@H]1O. The van der Waals surface area contributed by atoms with Crippen LogP contribution in [0.4, 0.5) is 0 Å². The Morgan fingerprint density at radius 3 is 2.50 bits per heavy atom. The van der Waals surface area contributed by atoms with Crippen molar-refractivity contribution in [1.29, 1.82) is 0 Å². The van der Waals surface area contributed by atoms with E-state index < -0.39 is 30.7 Å². The van der Waals surface area contributed by atoms with Crippen LogP contribution in [0.25, 0.3) is 0 Å². The van der Waals surface area contributed by atoms with Gasteiger partial charge in [-0.2, -0.15) is 0 Å². The number of ether oxygens (including phenoxy) is 2. The van der Waals surface area contributed by atoms with Crippen molar-refractivity contribution in [3.8, 4) is 0 Å². The summed E-state index contributed by atoms with van der Waals surface area (Å²) in [4.78, 5) is 0. The molecule has 6 nitrogen and oxygen atoms in total. The van der Waals surface area contributed by atoms with Crippen molar-refractivity contribution in [2.24, 2.45) is 0 Å². The van der Waals surface area contributed by atoms with Gasteiger partial charge < -0.3 is 29.9 Å². The monoisotopic (exact) mass is 208 g/mol. The smallest absolute Gasteiger partial charge is 0.219 e. The van der Waals surface area contributed by atoms with Crippen LogP contribution < -0.4 is 0 Å². The Morgan fingerprint density at radius 1 is 1.43 bits per heavy atom. The number of aliphatic hydroxyl groups is 4. The first-order valence-corrected chi connectivity index (χ1v) is 4.50. The van der Waals surface area contributed by atoms with Crippen molar-refractivity contribution >= 4 is 0 Å². The molecule has 0 unspecified atom stereocenters. The van der Waals surface area contributed by atoms with Gasteiger partial charge in [-0.05, 0) is 6.92 Å². The van der Waals surface area contributed by atoms with Gasteiger partial charge in [-0.25, -0.2) is 0 Å². The molecule has 0 radical (unpaired) electrons. The molecule has 6 heteroatoms. The summed E-state index contributed by atoms with van der Waals surface area (Å²) in [5.41, 5.74) is 0. The Hall–Kier alpha value is -0.240. The number of hydrogen-bond donors (Lipinski definition) is 4. The Bertz CT molecular complexity index is 187. The molecule has 0 aliphatic carbocycles. The van der Waals surface area contributed by atoms with Crippen molar-refractivity contribution in [3.05, 3.63) is 0 Å². The molecule has 1 fully saturated rings. The summed E-state index contributed by atoms with van der Waals surface area (Å²) in [6.45, 7) is 1.51. The average Bonchev–Trinajstić information content (AvgIpc) is 2.41. The highest BCUT2D eigenvalue weighted by Crippen LogP contribution is 2.28. The lowest BCUT2D eigenvalue weighted by Gasteiger charge is -2.22. The average molecular weight is 208 g/mol. The molecule has 0 amide bonds. The van der Waals surface area contributed by atoms with Crippen LogP contribution in [0.5, 0.6) is 0 Å². The van der Waals surface area contributed by atoms with E-state index in [1.807, 2.05) is 0 Å². The van der Waals surface area contributed by atoms with E-state index in [1.165, 1.54) is 0 Å². The Balaban J connectivity index is 2.57. The minimum absolute atomic E-state index is 0.0665. The molecular formula is C8H16O6. The molecule has 4 N–H and O–H groups in total. The molecule has 1 rings (SSSR count). The fourth-order valence-corrected chi connectivity index (χ4v) is 1.37. The maximum Gasteiger partial charge on any atom is 0.219 e. The number of hydrogen-bond acceptors (Lipinski definition) is 6. The highest BCUT2D eigenvalue weighted by molar-refractivity contribution is 4.95. The largest absolute Gasteiger partial charge is 0.391 e. The first kappa shape index (κ1) is 11.8. The Labute approximate surface area is 81.7 Å². The van der Waals surface area contributed by atoms with Crippen LogP contribution >= 0.6 is 0 Å². The van der Waals surface area contributed by atoms with Gasteiger partial charge in [0.2, 0.25) is 5.79 Å². The summed E-state index contributed by atoms with van der Waals surface area (Å²) in [6.07, 6.45) is -3.58. The van der Waals surface area contributed by atoms with Gasteiger partial charge in [0, 0.05) is 6.61 Å². The van der Waals surface area contributed by atoms with Gasteiger partial charge in [0.25, 0.3) is 0 Å². The van der Waals surface area contributed by atoms with Gasteiger partial charge in [0.15, 0.2) is 0 Å². The van der Waals surface area contributed by atoms with Gasteiger partial charge in [-0.15, -0.1) is 0 Å². The third kappa shape index (κ3) is 2.05. The maximum atomic E-state index is 9.47. The minimum atomic E-state index is -2.08. The fourth-order valence-electron chi connectivity index (χ4n) is 1.37. The summed E-state index contributed by atoms with van der Waals surface area (Å²) in [6, 6.07) is 0. The third-order valence-corrected chi connectivity index (χ3v) is 2.23. The molecule has 0 aromatic heterocycles. The number of rotatable bonds is 4. The summed E-state index contributed by atoms with van der Waals surface area (Å²) in [5.74, 6) is -2.08. The molecule has 0 aromatic rings. The van der Waals surface area contributed by atoms with Crippen molar-refractivity contribution in [2.45, 2.75) is 31.0 Å². The normalized spacial score (nSPS) is 43.1. The van der Waals surface area contributed by atoms with E-state index in [9.17, 15) is 15.3 Å². The molecule has 1 saturated heterocycles. The molecule has 1 heterocycles.